The van der Waals surface area contributed by atoms with Crippen LogP contribution in [-0.4, -0.2) is 53.9 Å². The lowest BCUT2D eigenvalue weighted by Crippen LogP contribution is -2.40. The summed E-state index contributed by atoms with van der Waals surface area (Å²) in [7, 11) is 0. The van der Waals surface area contributed by atoms with Gasteiger partial charge in [0.05, 0.1) is 12.7 Å². The normalized spacial score (nSPS) is 28.6. The molecule has 0 aromatic rings. The highest BCUT2D eigenvalue weighted by atomic mass is 16.5. The van der Waals surface area contributed by atoms with Gasteiger partial charge in [-0.3, -0.25) is 15.1 Å². The minimum Gasteiger partial charge on any atom is -0.395 e. The molecule has 1 heterocycles. The Morgan fingerprint density at radius 1 is 1.41 bits per heavy atom. The summed E-state index contributed by atoms with van der Waals surface area (Å²) in [5.74, 6) is 4.84. The largest absolute Gasteiger partial charge is 0.395 e. The van der Waals surface area contributed by atoms with Crippen molar-refractivity contribution in [3.8, 4) is 0 Å². The molecular formula is C11H21N3O3. The van der Waals surface area contributed by atoms with Crippen LogP contribution in [0.15, 0.2) is 0 Å². The predicted octanol–water partition coefficient (Wildman–Crippen LogP) is -1.02. The maximum absolute atomic E-state index is 11.3. The van der Waals surface area contributed by atoms with Gasteiger partial charge in [0.15, 0.2) is 0 Å². The molecule has 0 spiro atoms. The van der Waals surface area contributed by atoms with Crippen molar-refractivity contribution in [1.29, 1.82) is 0 Å². The molecule has 2 aliphatic rings. The highest BCUT2D eigenvalue weighted by Crippen LogP contribution is 2.29. The minimum absolute atomic E-state index is 0.0875. The predicted molar refractivity (Wildman–Crippen MR) is 61.9 cm³/mol. The van der Waals surface area contributed by atoms with Gasteiger partial charge in [0.2, 0.25) is 0 Å². The quantitative estimate of drug-likeness (QED) is 0.316. The van der Waals surface area contributed by atoms with Crippen molar-refractivity contribution >= 4 is 5.91 Å². The van der Waals surface area contributed by atoms with E-state index in [9.17, 15) is 4.79 Å². The summed E-state index contributed by atoms with van der Waals surface area (Å²) in [5.41, 5.74) is 2.12. The third-order valence-electron chi connectivity index (χ3n) is 3.43. The Morgan fingerprint density at radius 3 is 2.76 bits per heavy atom. The van der Waals surface area contributed by atoms with Crippen LogP contribution in [0.4, 0.5) is 0 Å². The Bertz CT molecular complexity index is 271. The van der Waals surface area contributed by atoms with Crippen LogP contribution in [0.3, 0.4) is 0 Å². The van der Waals surface area contributed by atoms with Gasteiger partial charge in [0.25, 0.3) is 5.91 Å². The molecule has 0 bridgehead atoms. The highest BCUT2D eigenvalue weighted by molar-refractivity contribution is 5.80. The number of hydrazine groups is 1. The molecule has 2 rings (SSSR count). The van der Waals surface area contributed by atoms with Crippen molar-refractivity contribution in [2.75, 3.05) is 19.7 Å². The molecule has 2 atom stereocenters. The van der Waals surface area contributed by atoms with E-state index in [-0.39, 0.29) is 18.6 Å². The molecule has 0 aromatic carbocycles. The highest BCUT2D eigenvalue weighted by Gasteiger charge is 2.35. The minimum atomic E-state index is -0.403. The van der Waals surface area contributed by atoms with E-state index < -0.39 is 6.10 Å². The Balaban J connectivity index is 1.77. The van der Waals surface area contributed by atoms with E-state index in [0.29, 0.717) is 12.6 Å². The van der Waals surface area contributed by atoms with Gasteiger partial charge in [0.1, 0.15) is 6.10 Å². The van der Waals surface area contributed by atoms with Gasteiger partial charge in [-0.2, -0.15) is 0 Å². The van der Waals surface area contributed by atoms with Crippen molar-refractivity contribution < 1.29 is 14.6 Å². The number of nitrogens with one attached hydrogen (secondary N) is 1. The van der Waals surface area contributed by atoms with E-state index in [4.69, 9.17) is 15.7 Å². The van der Waals surface area contributed by atoms with E-state index >= 15 is 0 Å². The number of carbonyl (C=O) groups excluding carboxylic acids is 1. The molecule has 1 aliphatic heterocycles. The van der Waals surface area contributed by atoms with Crippen molar-refractivity contribution in [3.05, 3.63) is 0 Å². The number of ether oxygens (including phenoxy) is 1. The number of aliphatic hydroxyl groups is 1. The lowest BCUT2D eigenvalue weighted by atomic mass is 10.2. The fourth-order valence-corrected chi connectivity index (χ4v) is 2.38. The average Bonchev–Trinajstić information content (AvgIpc) is 3.08. The first-order valence-corrected chi connectivity index (χ1v) is 6.25. The van der Waals surface area contributed by atoms with Gasteiger partial charge >= 0.3 is 0 Å². The number of amides is 1. The second-order valence-corrected chi connectivity index (χ2v) is 4.78. The van der Waals surface area contributed by atoms with E-state index in [1.807, 2.05) is 0 Å². The summed E-state index contributed by atoms with van der Waals surface area (Å²) in [5, 5.41) is 9.00. The van der Waals surface area contributed by atoms with Gasteiger partial charge in [0, 0.05) is 19.1 Å². The maximum Gasteiger partial charge on any atom is 0.263 e. The van der Waals surface area contributed by atoms with Gasteiger partial charge in [-0.05, 0) is 25.7 Å². The fourth-order valence-electron chi connectivity index (χ4n) is 2.38. The van der Waals surface area contributed by atoms with E-state index in [1.54, 1.807) is 0 Å². The number of rotatable bonds is 6. The van der Waals surface area contributed by atoms with E-state index in [0.717, 1.165) is 19.4 Å². The van der Waals surface area contributed by atoms with Crippen molar-refractivity contribution in [1.82, 2.24) is 10.3 Å². The molecule has 4 N–H and O–H groups in total. The average molecular weight is 243 g/mol. The molecule has 6 heteroatoms. The molecule has 1 saturated heterocycles. The molecule has 98 valence electrons. The number of carbonyl (C=O) groups is 1. The van der Waals surface area contributed by atoms with Crippen molar-refractivity contribution in [3.63, 3.8) is 0 Å². The molecule has 2 fully saturated rings. The zero-order valence-electron chi connectivity index (χ0n) is 9.97. The van der Waals surface area contributed by atoms with Crippen LogP contribution < -0.4 is 11.3 Å². The number of hydrogen-bond acceptors (Lipinski definition) is 5. The van der Waals surface area contributed by atoms with E-state index in [1.165, 1.54) is 12.8 Å². The monoisotopic (exact) mass is 243 g/mol. The standard InChI is InChI=1S/C11H21N3O3/c12-13-11(16)10-4-3-9(17-10)7-14(5-6-15)8-1-2-8/h8-10,15H,1-7,12H2,(H,13,16). The molecule has 0 radical (unpaired) electrons. The Morgan fingerprint density at radius 2 is 2.18 bits per heavy atom. The SMILES string of the molecule is NNC(=O)C1CCC(CN(CCO)C2CC2)O1. The van der Waals surface area contributed by atoms with Crippen LogP contribution in [0, 0.1) is 0 Å². The fraction of sp³-hybridized carbons (Fsp3) is 0.909. The number of aliphatic hydroxyl groups excluding tert-OH is 1. The van der Waals surface area contributed by atoms with Crippen molar-refractivity contribution in [2.45, 2.75) is 43.9 Å². The van der Waals surface area contributed by atoms with Crippen LogP contribution in [0.25, 0.3) is 0 Å². The summed E-state index contributed by atoms with van der Waals surface area (Å²) in [6.45, 7) is 1.67. The first-order valence-electron chi connectivity index (χ1n) is 6.25. The van der Waals surface area contributed by atoms with Gasteiger partial charge in [-0.1, -0.05) is 0 Å². The Labute approximate surface area is 101 Å². The summed E-state index contributed by atoms with van der Waals surface area (Å²) in [6, 6.07) is 0.605. The van der Waals surface area contributed by atoms with Crippen LogP contribution in [-0.2, 0) is 9.53 Å². The number of nitrogens with zero attached hydrogens (tertiary/aromatic N) is 1. The first-order chi connectivity index (χ1) is 8.24. The third-order valence-corrected chi connectivity index (χ3v) is 3.43. The van der Waals surface area contributed by atoms with Gasteiger partial charge in [-0.15, -0.1) is 0 Å². The molecular weight excluding hydrogens is 222 g/mol. The molecule has 2 unspecified atom stereocenters. The van der Waals surface area contributed by atoms with Gasteiger partial charge in [-0.25, -0.2) is 5.84 Å². The summed E-state index contributed by atoms with van der Waals surface area (Å²) < 4.78 is 5.65. The molecule has 1 aliphatic carbocycles. The third kappa shape index (κ3) is 3.38. The van der Waals surface area contributed by atoms with E-state index in [2.05, 4.69) is 10.3 Å². The van der Waals surface area contributed by atoms with Crippen LogP contribution >= 0.6 is 0 Å². The molecule has 1 amide bonds. The second-order valence-electron chi connectivity index (χ2n) is 4.78. The summed E-state index contributed by atoms with van der Waals surface area (Å²) in [6.07, 6.45) is 3.71. The molecule has 6 nitrogen and oxygen atoms in total. The van der Waals surface area contributed by atoms with Crippen molar-refractivity contribution in [2.24, 2.45) is 5.84 Å². The lowest BCUT2D eigenvalue weighted by molar-refractivity contribution is -0.132. The summed E-state index contributed by atoms with van der Waals surface area (Å²) >= 11 is 0. The van der Waals surface area contributed by atoms with Crippen LogP contribution in [0.2, 0.25) is 0 Å². The zero-order chi connectivity index (χ0) is 12.3. The van der Waals surface area contributed by atoms with Crippen LogP contribution in [0.5, 0.6) is 0 Å². The molecule has 1 saturated carbocycles. The second kappa shape index (κ2) is 5.77. The van der Waals surface area contributed by atoms with Gasteiger partial charge < -0.3 is 9.84 Å². The first kappa shape index (κ1) is 12.8. The Hall–Kier alpha value is -0.690. The molecule has 0 aromatic heterocycles. The maximum atomic E-state index is 11.3. The zero-order valence-corrected chi connectivity index (χ0v) is 9.97. The molecule has 17 heavy (non-hydrogen) atoms. The summed E-state index contributed by atoms with van der Waals surface area (Å²) in [4.78, 5) is 13.6. The smallest absolute Gasteiger partial charge is 0.263 e. The Kier molecular flexibility index (Phi) is 4.33. The lowest BCUT2D eigenvalue weighted by Gasteiger charge is -2.24. The topological polar surface area (TPSA) is 87.8 Å². The number of hydrogen-bond donors (Lipinski definition) is 3. The number of nitrogens with two attached hydrogens (primary N) is 1. The van der Waals surface area contributed by atoms with Crippen LogP contribution in [0.1, 0.15) is 25.7 Å².